The molecule has 64 valence electrons. The SMILES string of the molecule is NC1Cc2ccccc2C[C@H]1Br. The van der Waals surface area contributed by atoms with Gasteiger partial charge in [0, 0.05) is 10.9 Å². The lowest BCUT2D eigenvalue weighted by Crippen LogP contribution is -2.37. The lowest BCUT2D eigenvalue weighted by Gasteiger charge is -2.26. The molecular formula is C10H12BrN. The molecular weight excluding hydrogens is 214 g/mol. The van der Waals surface area contributed by atoms with E-state index in [-0.39, 0.29) is 6.04 Å². The van der Waals surface area contributed by atoms with Crippen LogP contribution in [-0.2, 0) is 12.8 Å². The Morgan fingerprint density at radius 1 is 1.17 bits per heavy atom. The summed E-state index contributed by atoms with van der Waals surface area (Å²) < 4.78 is 0. The number of hydrogen-bond donors (Lipinski definition) is 1. The number of hydrogen-bond acceptors (Lipinski definition) is 1. The molecule has 1 aromatic carbocycles. The van der Waals surface area contributed by atoms with Gasteiger partial charge in [0.15, 0.2) is 0 Å². The van der Waals surface area contributed by atoms with Gasteiger partial charge in [-0.25, -0.2) is 0 Å². The van der Waals surface area contributed by atoms with Gasteiger partial charge in [-0.15, -0.1) is 0 Å². The monoisotopic (exact) mass is 225 g/mol. The second kappa shape index (κ2) is 3.19. The Hall–Kier alpha value is -0.340. The molecule has 0 saturated heterocycles. The molecule has 1 unspecified atom stereocenters. The molecule has 1 nitrogen and oxygen atoms in total. The van der Waals surface area contributed by atoms with Gasteiger partial charge in [0.05, 0.1) is 0 Å². The van der Waals surface area contributed by atoms with Gasteiger partial charge < -0.3 is 5.73 Å². The molecule has 0 radical (unpaired) electrons. The first-order valence-electron chi connectivity index (χ1n) is 4.24. The molecule has 12 heavy (non-hydrogen) atoms. The molecule has 0 saturated carbocycles. The molecule has 2 rings (SSSR count). The van der Waals surface area contributed by atoms with E-state index in [4.69, 9.17) is 5.73 Å². The third kappa shape index (κ3) is 1.41. The largest absolute Gasteiger partial charge is 0.326 e. The highest BCUT2D eigenvalue weighted by molar-refractivity contribution is 9.09. The number of fused-ring (bicyclic) bond motifs is 1. The van der Waals surface area contributed by atoms with E-state index in [0.717, 1.165) is 12.8 Å². The molecule has 0 bridgehead atoms. The van der Waals surface area contributed by atoms with E-state index in [1.807, 2.05) is 0 Å². The van der Waals surface area contributed by atoms with Crippen LogP contribution in [-0.4, -0.2) is 10.9 Å². The molecule has 0 fully saturated rings. The van der Waals surface area contributed by atoms with Crippen LogP contribution in [0.2, 0.25) is 0 Å². The number of halogens is 1. The van der Waals surface area contributed by atoms with E-state index in [1.54, 1.807) is 0 Å². The van der Waals surface area contributed by atoms with Crippen molar-refractivity contribution in [2.24, 2.45) is 5.73 Å². The summed E-state index contributed by atoms with van der Waals surface area (Å²) in [5.74, 6) is 0. The number of benzene rings is 1. The maximum atomic E-state index is 5.95. The molecule has 1 aromatic rings. The fourth-order valence-corrected chi connectivity index (χ4v) is 2.23. The van der Waals surface area contributed by atoms with Gasteiger partial charge in [-0.05, 0) is 24.0 Å². The molecule has 0 amide bonds. The van der Waals surface area contributed by atoms with Crippen molar-refractivity contribution < 1.29 is 0 Å². The quantitative estimate of drug-likeness (QED) is 0.671. The van der Waals surface area contributed by atoms with Crippen LogP contribution in [0.3, 0.4) is 0 Å². The van der Waals surface area contributed by atoms with Crippen molar-refractivity contribution in [3.05, 3.63) is 35.4 Å². The van der Waals surface area contributed by atoms with Crippen LogP contribution in [0.25, 0.3) is 0 Å². The molecule has 0 heterocycles. The Bertz CT molecular complexity index is 256. The van der Waals surface area contributed by atoms with E-state index in [9.17, 15) is 0 Å². The van der Waals surface area contributed by atoms with Gasteiger partial charge in [0.25, 0.3) is 0 Å². The van der Waals surface area contributed by atoms with Crippen molar-refractivity contribution in [3.8, 4) is 0 Å². The predicted octanol–water partition coefficient (Wildman–Crippen LogP) is 1.88. The Kier molecular flexibility index (Phi) is 2.20. The lowest BCUT2D eigenvalue weighted by atomic mass is 9.89. The van der Waals surface area contributed by atoms with Gasteiger partial charge in [-0.1, -0.05) is 40.2 Å². The molecule has 0 aromatic heterocycles. The van der Waals surface area contributed by atoms with Gasteiger partial charge in [-0.2, -0.15) is 0 Å². The van der Waals surface area contributed by atoms with Crippen molar-refractivity contribution in [3.63, 3.8) is 0 Å². The highest BCUT2D eigenvalue weighted by atomic mass is 79.9. The van der Waals surface area contributed by atoms with Crippen LogP contribution >= 0.6 is 15.9 Å². The van der Waals surface area contributed by atoms with E-state index in [1.165, 1.54) is 11.1 Å². The fourth-order valence-electron chi connectivity index (χ4n) is 1.70. The third-order valence-electron chi connectivity index (χ3n) is 2.45. The number of alkyl halides is 1. The molecule has 0 spiro atoms. The van der Waals surface area contributed by atoms with Crippen molar-refractivity contribution >= 4 is 15.9 Å². The average molecular weight is 226 g/mol. The second-order valence-corrected chi connectivity index (χ2v) is 4.53. The summed E-state index contributed by atoms with van der Waals surface area (Å²) in [4.78, 5) is 0.451. The minimum Gasteiger partial charge on any atom is -0.326 e. The lowest BCUT2D eigenvalue weighted by molar-refractivity contribution is 0.599. The summed E-state index contributed by atoms with van der Waals surface area (Å²) in [5.41, 5.74) is 8.81. The van der Waals surface area contributed by atoms with Crippen molar-refractivity contribution in [1.29, 1.82) is 0 Å². The summed E-state index contributed by atoms with van der Waals surface area (Å²) in [5, 5.41) is 0. The predicted molar refractivity (Wildman–Crippen MR) is 54.5 cm³/mol. The second-order valence-electron chi connectivity index (χ2n) is 3.36. The Labute approximate surface area is 81.1 Å². The number of rotatable bonds is 0. The van der Waals surface area contributed by atoms with E-state index >= 15 is 0 Å². The Morgan fingerprint density at radius 2 is 1.75 bits per heavy atom. The Morgan fingerprint density at radius 3 is 2.42 bits per heavy atom. The minimum atomic E-state index is 0.278. The summed E-state index contributed by atoms with van der Waals surface area (Å²) in [6.45, 7) is 0. The summed E-state index contributed by atoms with van der Waals surface area (Å²) >= 11 is 3.60. The molecule has 1 aliphatic rings. The summed E-state index contributed by atoms with van der Waals surface area (Å²) in [7, 11) is 0. The Balaban J connectivity index is 2.34. The first-order chi connectivity index (χ1) is 5.77. The van der Waals surface area contributed by atoms with Crippen LogP contribution in [0, 0.1) is 0 Å². The fraction of sp³-hybridized carbons (Fsp3) is 0.400. The van der Waals surface area contributed by atoms with Crippen molar-refractivity contribution in [2.45, 2.75) is 23.7 Å². The zero-order valence-corrected chi connectivity index (χ0v) is 8.42. The summed E-state index contributed by atoms with van der Waals surface area (Å²) in [6, 6.07) is 8.82. The van der Waals surface area contributed by atoms with Gasteiger partial charge in [0.2, 0.25) is 0 Å². The maximum absolute atomic E-state index is 5.95. The van der Waals surface area contributed by atoms with Crippen LogP contribution in [0.4, 0.5) is 0 Å². The number of nitrogens with two attached hydrogens (primary N) is 1. The topological polar surface area (TPSA) is 26.0 Å². The molecule has 2 heteroatoms. The highest BCUT2D eigenvalue weighted by Crippen LogP contribution is 2.24. The van der Waals surface area contributed by atoms with Gasteiger partial charge >= 0.3 is 0 Å². The summed E-state index contributed by atoms with van der Waals surface area (Å²) in [6.07, 6.45) is 2.07. The highest BCUT2D eigenvalue weighted by Gasteiger charge is 2.22. The smallest absolute Gasteiger partial charge is 0.0340 e. The molecule has 2 atom stereocenters. The first-order valence-corrected chi connectivity index (χ1v) is 5.15. The third-order valence-corrected chi connectivity index (χ3v) is 3.46. The zero-order chi connectivity index (χ0) is 8.55. The van der Waals surface area contributed by atoms with E-state index in [2.05, 4.69) is 40.2 Å². The van der Waals surface area contributed by atoms with Crippen LogP contribution in [0.1, 0.15) is 11.1 Å². The molecule has 2 N–H and O–H groups in total. The van der Waals surface area contributed by atoms with Gasteiger partial charge in [0.1, 0.15) is 0 Å². The standard InChI is InChI=1S/C10H12BrN/c11-9-5-7-3-1-2-4-8(7)6-10(9)12/h1-4,9-10H,5-6,12H2/t9-,10?/m1/s1. The minimum absolute atomic E-state index is 0.278. The van der Waals surface area contributed by atoms with E-state index in [0.29, 0.717) is 4.83 Å². The normalized spacial score (nSPS) is 28.2. The first kappa shape index (κ1) is 8.27. The average Bonchev–Trinajstić information content (AvgIpc) is 2.07. The van der Waals surface area contributed by atoms with Gasteiger partial charge in [-0.3, -0.25) is 0 Å². The van der Waals surface area contributed by atoms with Crippen molar-refractivity contribution in [1.82, 2.24) is 0 Å². The van der Waals surface area contributed by atoms with Crippen LogP contribution in [0.15, 0.2) is 24.3 Å². The van der Waals surface area contributed by atoms with Crippen LogP contribution < -0.4 is 5.73 Å². The van der Waals surface area contributed by atoms with Crippen molar-refractivity contribution in [2.75, 3.05) is 0 Å². The maximum Gasteiger partial charge on any atom is 0.0340 e. The van der Waals surface area contributed by atoms with Crippen LogP contribution in [0.5, 0.6) is 0 Å². The molecule has 1 aliphatic carbocycles. The van der Waals surface area contributed by atoms with E-state index < -0.39 is 0 Å². The zero-order valence-electron chi connectivity index (χ0n) is 6.83. The molecule has 0 aliphatic heterocycles.